The average Bonchev–Trinajstić information content (AvgIpc) is 2.50. The Morgan fingerprint density at radius 3 is 2.36 bits per heavy atom. The Kier molecular flexibility index (Phi) is 5.55. The molecule has 0 atom stereocenters. The minimum Gasteiger partial charge on any atom is -0.347 e. The summed E-state index contributed by atoms with van der Waals surface area (Å²) < 4.78 is 0. The molecule has 0 aromatic heterocycles. The van der Waals surface area contributed by atoms with Crippen LogP contribution in [0.5, 0.6) is 0 Å². The van der Waals surface area contributed by atoms with Gasteiger partial charge in [-0.25, -0.2) is 0 Å². The van der Waals surface area contributed by atoms with Gasteiger partial charge in [-0.15, -0.1) is 0 Å². The summed E-state index contributed by atoms with van der Waals surface area (Å²) in [4.78, 5) is 23.6. The van der Waals surface area contributed by atoms with E-state index < -0.39 is 0 Å². The molecule has 0 saturated heterocycles. The van der Waals surface area contributed by atoms with Gasteiger partial charge >= 0.3 is 0 Å². The van der Waals surface area contributed by atoms with E-state index in [0.29, 0.717) is 10.7 Å². The smallest absolute Gasteiger partial charge is 0.243 e. The number of rotatable bonds is 5. The number of carbonyl (C=O) groups is 2. The van der Waals surface area contributed by atoms with E-state index in [-0.39, 0.29) is 24.8 Å². The third-order valence-corrected chi connectivity index (χ3v) is 3.41. The second kappa shape index (κ2) is 7.61. The zero-order valence-electron chi connectivity index (χ0n) is 12.2. The number of hydrogen-bond donors (Lipinski definition) is 2. The van der Waals surface area contributed by atoms with Gasteiger partial charge in [0.15, 0.2) is 0 Å². The highest BCUT2D eigenvalue weighted by Gasteiger charge is 2.08. The van der Waals surface area contributed by atoms with Gasteiger partial charge < -0.3 is 10.6 Å². The fourth-order valence-corrected chi connectivity index (χ4v) is 2.07. The van der Waals surface area contributed by atoms with Gasteiger partial charge in [-0.1, -0.05) is 53.6 Å². The molecule has 0 aliphatic rings. The number of aryl methyl sites for hydroxylation is 1. The number of anilines is 1. The second-order valence-corrected chi connectivity index (χ2v) is 5.37. The molecule has 0 aliphatic heterocycles. The summed E-state index contributed by atoms with van der Waals surface area (Å²) in [6.07, 6.45) is 0.250. The molecule has 0 bridgehead atoms. The van der Waals surface area contributed by atoms with Crippen LogP contribution in [0.15, 0.2) is 48.5 Å². The molecule has 0 radical (unpaired) electrons. The van der Waals surface area contributed by atoms with Gasteiger partial charge in [0.1, 0.15) is 0 Å². The van der Waals surface area contributed by atoms with E-state index in [1.165, 1.54) is 0 Å². The first kappa shape index (κ1) is 16.0. The molecule has 2 rings (SSSR count). The highest BCUT2D eigenvalue weighted by Crippen LogP contribution is 2.19. The molecule has 4 nitrogen and oxygen atoms in total. The van der Waals surface area contributed by atoms with E-state index in [2.05, 4.69) is 10.6 Å². The first-order valence-corrected chi connectivity index (χ1v) is 7.29. The van der Waals surface area contributed by atoms with Gasteiger partial charge in [-0.3, -0.25) is 9.59 Å². The lowest BCUT2D eigenvalue weighted by Crippen LogP contribution is -2.33. The lowest BCUT2D eigenvalue weighted by molar-refractivity contribution is -0.123. The highest BCUT2D eigenvalue weighted by atomic mass is 35.5. The van der Waals surface area contributed by atoms with Crippen LogP contribution in [0.3, 0.4) is 0 Å². The molecule has 2 N–H and O–H groups in total. The maximum absolute atomic E-state index is 11.8. The van der Waals surface area contributed by atoms with E-state index in [4.69, 9.17) is 11.6 Å². The van der Waals surface area contributed by atoms with E-state index >= 15 is 0 Å². The Morgan fingerprint density at radius 2 is 1.68 bits per heavy atom. The van der Waals surface area contributed by atoms with Gasteiger partial charge in [-0.05, 0) is 24.6 Å². The van der Waals surface area contributed by atoms with Gasteiger partial charge in [0.2, 0.25) is 11.8 Å². The van der Waals surface area contributed by atoms with E-state index in [0.717, 1.165) is 11.1 Å². The summed E-state index contributed by atoms with van der Waals surface area (Å²) in [5, 5.41) is 5.70. The van der Waals surface area contributed by atoms with Crippen molar-refractivity contribution in [3.63, 3.8) is 0 Å². The van der Waals surface area contributed by atoms with Crippen molar-refractivity contribution in [1.82, 2.24) is 5.32 Å². The van der Waals surface area contributed by atoms with Crippen LogP contribution in [0.1, 0.15) is 11.1 Å². The van der Waals surface area contributed by atoms with Crippen LogP contribution >= 0.6 is 11.6 Å². The van der Waals surface area contributed by atoms with Crippen molar-refractivity contribution in [3.05, 3.63) is 64.7 Å². The average molecular weight is 317 g/mol. The summed E-state index contributed by atoms with van der Waals surface area (Å²) in [5.74, 6) is -0.511. The predicted octanol–water partition coefficient (Wildman–Crippen LogP) is 2.95. The molecule has 114 valence electrons. The van der Waals surface area contributed by atoms with Crippen LogP contribution in [0.25, 0.3) is 0 Å². The van der Waals surface area contributed by atoms with E-state index in [9.17, 15) is 9.59 Å². The molecule has 0 heterocycles. The van der Waals surface area contributed by atoms with Crippen LogP contribution in [0.2, 0.25) is 5.02 Å². The third-order valence-electron chi connectivity index (χ3n) is 3.08. The normalized spacial score (nSPS) is 10.1. The lowest BCUT2D eigenvalue weighted by Gasteiger charge is -2.08. The largest absolute Gasteiger partial charge is 0.347 e. The fourth-order valence-electron chi connectivity index (χ4n) is 1.89. The zero-order valence-corrected chi connectivity index (χ0v) is 13.0. The van der Waals surface area contributed by atoms with Crippen molar-refractivity contribution in [2.75, 3.05) is 11.9 Å². The fraction of sp³-hybridized carbons (Fsp3) is 0.176. The van der Waals surface area contributed by atoms with Crippen molar-refractivity contribution in [2.24, 2.45) is 0 Å². The molecule has 0 fully saturated rings. The Bertz CT molecular complexity index is 669. The minimum atomic E-state index is -0.314. The summed E-state index contributed by atoms with van der Waals surface area (Å²) in [6.45, 7) is 1.90. The van der Waals surface area contributed by atoms with Crippen LogP contribution in [0, 0.1) is 6.92 Å². The summed E-state index contributed by atoms with van der Waals surface area (Å²) in [6, 6.07) is 14.7. The maximum atomic E-state index is 11.8. The van der Waals surface area contributed by atoms with Gasteiger partial charge in [-0.2, -0.15) is 0 Å². The van der Waals surface area contributed by atoms with Crippen molar-refractivity contribution < 1.29 is 9.59 Å². The van der Waals surface area contributed by atoms with Crippen molar-refractivity contribution >= 4 is 29.1 Å². The van der Waals surface area contributed by atoms with E-state index in [1.807, 2.05) is 31.2 Å². The number of nitrogens with one attached hydrogen (secondary N) is 2. The Labute approximate surface area is 134 Å². The summed E-state index contributed by atoms with van der Waals surface area (Å²) in [7, 11) is 0. The summed E-state index contributed by atoms with van der Waals surface area (Å²) in [5.41, 5.74) is 2.58. The molecular weight excluding hydrogens is 300 g/mol. The molecule has 5 heteroatoms. The van der Waals surface area contributed by atoms with Crippen molar-refractivity contribution in [3.8, 4) is 0 Å². The van der Waals surface area contributed by atoms with Crippen molar-refractivity contribution in [2.45, 2.75) is 13.3 Å². The molecule has 0 spiro atoms. The SMILES string of the molecule is Cc1ccc(CC(=O)NCC(=O)Nc2ccccc2Cl)cc1. The standard InChI is InChI=1S/C17H17ClN2O2/c1-12-6-8-13(9-7-12)10-16(21)19-11-17(22)20-15-5-3-2-4-14(15)18/h2-9H,10-11H2,1H3,(H,19,21)(H,20,22). The maximum Gasteiger partial charge on any atom is 0.243 e. The molecule has 2 aromatic carbocycles. The Morgan fingerprint density at radius 1 is 1.00 bits per heavy atom. The molecule has 22 heavy (non-hydrogen) atoms. The second-order valence-electron chi connectivity index (χ2n) is 4.97. The van der Waals surface area contributed by atoms with Gasteiger partial charge in [0.05, 0.1) is 23.7 Å². The lowest BCUT2D eigenvalue weighted by atomic mass is 10.1. The molecule has 0 saturated carbocycles. The van der Waals surface area contributed by atoms with Crippen molar-refractivity contribution in [1.29, 1.82) is 0 Å². The molecule has 0 aliphatic carbocycles. The molecule has 0 unspecified atom stereocenters. The van der Waals surface area contributed by atoms with E-state index in [1.54, 1.807) is 24.3 Å². The quantitative estimate of drug-likeness (QED) is 0.891. The van der Waals surface area contributed by atoms with Crippen LogP contribution in [-0.4, -0.2) is 18.4 Å². The zero-order chi connectivity index (χ0) is 15.9. The van der Waals surface area contributed by atoms with Gasteiger partial charge in [0, 0.05) is 0 Å². The topological polar surface area (TPSA) is 58.2 Å². The number of amides is 2. The first-order chi connectivity index (χ1) is 10.5. The molecule has 2 amide bonds. The number of halogens is 1. The highest BCUT2D eigenvalue weighted by molar-refractivity contribution is 6.33. The van der Waals surface area contributed by atoms with Crippen LogP contribution in [0.4, 0.5) is 5.69 Å². The number of para-hydroxylation sites is 1. The predicted molar refractivity (Wildman–Crippen MR) is 88.0 cm³/mol. The monoisotopic (exact) mass is 316 g/mol. The Hall–Kier alpha value is -2.33. The minimum absolute atomic E-state index is 0.0874. The number of hydrogen-bond acceptors (Lipinski definition) is 2. The van der Waals surface area contributed by atoms with Crippen LogP contribution < -0.4 is 10.6 Å². The summed E-state index contributed by atoms with van der Waals surface area (Å²) >= 11 is 5.95. The van der Waals surface area contributed by atoms with Gasteiger partial charge in [0.25, 0.3) is 0 Å². The third kappa shape index (κ3) is 4.90. The number of carbonyl (C=O) groups excluding carboxylic acids is 2. The Balaban J connectivity index is 1.79. The first-order valence-electron chi connectivity index (χ1n) is 6.91. The van der Waals surface area contributed by atoms with Crippen LogP contribution in [-0.2, 0) is 16.0 Å². The molecule has 2 aromatic rings. The molecular formula is C17H17ClN2O2. The number of benzene rings is 2.